The Labute approximate surface area is 145 Å². The van der Waals surface area contributed by atoms with Crippen LogP contribution in [0, 0.1) is 28.6 Å². The molecule has 0 saturated heterocycles. The summed E-state index contributed by atoms with van der Waals surface area (Å²) in [4.78, 5) is 25.1. The van der Waals surface area contributed by atoms with Gasteiger partial charge in [0.1, 0.15) is 11.4 Å². The second kappa shape index (κ2) is 5.32. The summed E-state index contributed by atoms with van der Waals surface area (Å²) in [5.74, 6) is 1.35. The molecule has 3 heteroatoms. The van der Waals surface area contributed by atoms with E-state index in [0.29, 0.717) is 18.1 Å². The molecule has 134 valence electrons. The first kappa shape index (κ1) is 16.6. The van der Waals surface area contributed by atoms with Gasteiger partial charge in [0.05, 0.1) is 0 Å². The SMILES string of the molecule is CC(=O)O[C@@]12CCC[C@@]1(C)CC[C@H]1[C@H]2CC(=O)[C@H]2CCCC[C@@]21C. The van der Waals surface area contributed by atoms with Crippen LogP contribution in [-0.4, -0.2) is 17.4 Å². The lowest BCUT2D eigenvalue weighted by molar-refractivity contribution is -0.219. The van der Waals surface area contributed by atoms with Crippen LogP contribution in [0.1, 0.15) is 85.0 Å². The van der Waals surface area contributed by atoms with E-state index in [1.54, 1.807) is 6.92 Å². The summed E-state index contributed by atoms with van der Waals surface area (Å²) in [5, 5.41) is 0. The maximum Gasteiger partial charge on any atom is 0.303 e. The molecule has 24 heavy (non-hydrogen) atoms. The predicted molar refractivity (Wildman–Crippen MR) is 92.4 cm³/mol. The minimum absolute atomic E-state index is 0.0674. The highest BCUT2D eigenvalue weighted by molar-refractivity contribution is 5.83. The lowest BCUT2D eigenvalue weighted by Gasteiger charge is -2.62. The molecule has 4 fully saturated rings. The first-order chi connectivity index (χ1) is 11.3. The van der Waals surface area contributed by atoms with Gasteiger partial charge in [-0.2, -0.15) is 0 Å². The van der Waals surface area contributed by atoms with E-state index in [1.165, 1.54) is 25.7 Å². The molecule has 3 nitrogen and oxygen atoms in total. The zero-order valence-corrected chi connectivity index (χ0v) is 15.5. The molecule has 0 amide bonds. The van der Waals surface area contributed by atoms with Gasteiger partial charge in [0.2, 0.25) is 0 Å². The molecule has 0 aromatic rings. The number of carbonyl (C=O) groups excluding carboxylic acids is 2. The van der Waals surface area contributed by atoms with E-state index >= 15 is 0 Å². The number of Topliss-reactive ketones (excluding diaryl/α,β-unsaturated/α-hetero) is 1. The molecule has 4 saturated carbocycles. The van der Waals surface area contributed by atoms with Crippen LogP contribution in [0.15, 0.2) is 0 Å². The molecule has 0 radical (unpaired) electrons. The van der Waals surface area contributed by atoms with Crippen LogP contribution in [0.3, 0.4) is 0 Å². The quantitative estimate of drug-likeness (QED) is 0.655. The van der Waals surface area contributed by atoms with Gasteiger partial charge < -0.3 is 4.74 Å². The Hall–Kier alpha value is -0.860. The lowest BCUT2D eigenvalue weighted by atomic mass is 9.44. The highest BCUT2D eigenvalue weighted by Crippen LogP contribution is 2.68. The van der Waals surface area contributed by atoms with Crippen molar-refractivity contribution in [1.82, 2.24) is 0 Å². The number of hydrogen-bond donors (Lipinski definition) is 0. The first-order valence-electron chi connectivity index (χ1n) is 10.0. The Morgan fingerprint density at radius 2 is 1.79 bits per heavy atom. The molecule has 4 aliphatic rings. The summed E-state index contributed by atoms with van der Waals surface area (Å²) in [6.45, 7) is 6.25. The van der Waals surface area contributed by atoms with Gasteiger partial charge in [0, 0.05) is 30.6 Å². The van der Waals surface area contributed by atoms with E-state index in [4.69, 9.17) is 4.74 Å². The maximum atomic E-state index is 13.1. The number of ketones is 1. The Bertz CT molecular complexity index is 569. The lowest BCUT2D eigenvalue weighted by Crippen LogP contribution is -2.64. The van der Waals surface area contributed by atoms with Crippen molar-refractivity contribution in [3.63, 3.8) is 0 Å². The van der Waals surface area contributed by atoms with Crippen LogP contribution >= 0.6 is 0 Å². The fourth-order valence-corrected chi connectivity index (χ4v) is 7.52. The molecule has 0 aromatic heterocycles. The van der Waals surface area contributed by atoms with Crippen LogP contribution < -0.4 is 0 Å². The largest absolute Gasteiger partial charge is 0.458 e. The summed E-state index contributed by atoms with van der Waals surface area (Å²) in [5.41, 5.74) is -0.184. The van der Waals surface area contributed by atoms with Crippen molar-refractivity contribution in [3.8, 4) is 0 Å². The molecule has 0 unspecified atom stereocenters. The fourth-order valence-electron chi connectivity index (χ4n) is 7.52. The summed E-state index contributed by atoms with van der Waals surface area (Å²) in [7, 11) is 0. The molecule has 0 heterocycles. The van der Waals surface area contributed by atoms with Gasteiger partial charge in [-0.15, -0.1) is 0 Å². The topological polar surface area (TPSA) is 43.4 Å². The van der Waals surface area contributed by atoms with E-state index < -0.39 is 0 Å². The van der Waals surface area contributed by atoms with Crippen molar-refractivity contribution in [2.24, 2.45) is 28.6 Å². The third-order valence-corrected chi connectivity index (χ3v) is 8.63. The second-order valence-electron chi connectivity index (χ2n) is 9.62. The van der Waals surface area contributed by atoms with Crippen molar-refractivity contribution < 1.29 is 14.3 Å². The predicted octanol–water partition coefficient (Wildman–Crippen LogP) is 4.67. The van der Waals surface area contributed by atoms with Gasteiger partial charge in [0.25, 0.3) is 0 Å². The van der Waals surface area contributed by atoms with Crippen LogP contribution in [0.5, 0.6) is 0 Å². The molecule has 6 atom stereocenters. The van der Waals surface area contributed by atoms with E-state index in [1.807, 2.05) is 0 Å². The Morgan fingerprint density at radius 1 is 1.00 bits per heavy atom. The molecule has 0 N–H and O–H groups in total. The fraction of sp³-hybridized carbons (Fsp3) is 0.905. The van der Waals surface area contributed by atoms with Crippen LogP contribution in [-0.2, 0) is 14.3 Å². The molecular weight excluding hydrogens is 300 g/mol. The average molecular weight is 332 g/mol. The molecule has 4 rings (SSSR count). The molecule has 0 bridgehead atoms. The van der Waals surface area contributed by atoms with Gasteiger partial charge in [0.15, 0.2) is 0 Å². The number of carbonyl (C=O) groups is 2. The smallest absolute Gasteiger partial charge is 0.303 e. The standard InChI is InChI=1S/C21H32O3/c1-14(22)24-21-11-6-9-19(21,2)12-8-15-17(21)13-18(23)16-7-4-5-10-20(15,16)3/h15-17H,4-13H2,1-3H3/t15-,16+,17+,19-,20+,21+/m0/s1. The van der Waals surface area contributed by atoms with Crippen molar-refractivity contribution in [2.45, 2.75) is 90.6 Å². The number of fused-ring (bicyclic) bond motifs is 5. The van der Waals surface area contributed by atoms with Crippen LogP contribution in [0.25, 0.3) is 0 Å². The highest BCUT2D eigenvalue weighted by Gasteiger charge is 2.68. The van der Waals surface area contributed by atoms with Crippen LogP contribution in [0.2, 0.25) is 0 Å². The molecular formula is C21H32O3. The van der Waals surface area contributed by atoms with E-state index in [2.05, 4.69) is 13.8 Å². The number of rotatable bonds is 1. The van der Waals surface area contributed by atoms with Crippen LogP contribution in [0.4, 0.5) is 0 Å². The summed E-state index contributed by atoms with van der Waals surface area (Å²) >= 11 is 0. The van der Waals surface area contributed by atoms with Gasteiger partial charge in [-0.3, -0.25) is 9.59 Å². The minimum Gasteiger partial charge on any atom is -0.458 e. The van der Waals surface area contributed by atoms with Gasteiger partial charge in [-0.05, 0) is 56.3 Å². The van der Waals surface area contributed by atoms with Gasteiger partial charge in [-0.25, -0.2) is 0 Å². The maximum absolute atomic E-state index is 13.1. The minimum atomic E-state index is -0.386. The summed E-state index contributed by atoms with van der Waals surface area (Å²) < 4.78 is 6.16. The zero-order chi connectivity index (χ0) is 17.2. The summed E-state index contributed by atoms with van der Waals surface area (Å²) in [6.07, 6.45) is 10.9. The van der Waals surface area contributed by atoms with Crippen molar-refractivity contribution in [2.75, 3.05) is 0 Å². The third-order valence-electron chi connectivity index (χ3n) is 8.63. The van der Waals surface area contributed by atoms with E-state index in [-0.39, 0.29) is 34.2 Å². The highest BCUT2D eigenvalue weighted by atomic mass is 16.6. The third kappa shape index (κ3) is 2.02. The molecule has 0 spiro atoms. The zero-order valence-electron chi connectivity index (χ0n) is 15.5. The monoisotopic (exact) mass is 332 g/mol. The second-order valence-corrected chi connectivity index (χ2v) is 9.62. The Morgan fingerprint density at radius 3 is 2.54 bits per heavy atom. The Kier molecular flexibility index (Phi) is 3.68. The number of hydrogen-bond acceptors (Lipinski definition) is 3. The Balaban J connectivity index is 1.78. The summed E-state index contributed by atoms with van der Waals surface area (Å²) in [6, 6.07) is 0. The normalized spacial score (nSPS) is 50.6. The average Bonchev–Trinajstić information content (AvgIpc) is 2.84. The van der Waals surface area contributed by atoms with Crippen molar-refractivity contribution >= 4 is 11.8 Å². The van der Waals surface area contributed by atoms with Gasteiger partial charge in [-0.1, -0.05) is 26.7 Å². The van der Waals surface area contributed by atoms with Crippen molar-refractivity contribution in [3.05, 3.63) is 0 Å². The molecule has 0 aromatic carbocycles. The van der Waals surface area contributed by atoms with Gasteiger partial charge >= 0.3 is 5.97 Å². The molecule has 0 aliphatic heterocycles. The van der Waals surface area contributed by atoms with Crippen molar-refractivity contribution in [1.29, 1.82) is 0 Å². The van der Waals surface area contributed by atoms with E-state index in [9.17, 15) is 9.59 Å². The number of esters is 1. The molecule has 4 aliphatic carbocycles. The number of ether oxygens (including phenoxy) is 1. The van der Waals surface area contributed by atoms with E-state index in [0.717, 1.165) is 32.1 Å². The first-order valence-corrected chi connectivity index (χ1v) is 10.0.